The zero-order valence-electron chi connectivity index (χ0n) is 14.1. The molecular formula is C18H15N3O5. The fourth-order valence-corrected chi connectivity index (χ4v) is 2.48. The van der Waals surface area contributed by atoms with Gasteiger partial charge < -0.3 is 14.5 Å². The van der Waals surface area contributed by atoms with Crippen molar-refractivity contribution in [2.45, 2.75) is 0 Å². The second-order valence-electron chi connectivity index (χ2n) is 5.36. The Morgan fingerprint density at radius 3 is 2.54 bits per heavy atom. The Balaban J connectivity index is 2.02. The number of hydrogen-bond acceptors (Lipinski definition) is 6. The van der Waals surface area contributed by atoms with Crippen molar-refractivity contribution in [3.8, 4) is 11.5 Å². The minimum atomic E-state index is -0.465. The molecule has 0 saturated heterocycles. The number of aromatic nitrogens is 2. The van der Waals surface area contributed by atoms with Gasteiger partial charge in [-0.2, -0.15) is 0 Å². The van der Waals surface area contributed by atoms with E-state index in [2.05, 4.69) is 9.97 Å². The lowest BCUT2D eigenvalue weighted by molar-refractivity contribution is -0.384. The van der Waals surface area contributed by atoms with Gasteiger partial charge in [0.1, 0.15) is 5.82 Å². The summed E-state index contributed by atoms with van der Waals surface area (Å²) in [7, 11) is 2.99. The lowest BCUT2D eigenvalue weighted by Gasteiger charge is -2.08. The molecule has 2 aromatic carbocycles. The predicted molar refractivity (Wildman–Crippen MR) is 97.5 cm³/mol. The summed E-state index contributed by atoms with van der Waals surface area (Å²) in [4.78, 5) is 29.7. The zero-order chi connectivity index (χ0) is 18.7. The van der Waals surface area contributed by atoms with E-state index >= 15 is 0 Å². The van der Waals surface area contributed by atoms with E-state index in [0.29, 0.717) is 33.8 Å². The van der Waals surface area contributed by atoms with Crippen LogP contribution in [0.3, 0.4) is 0 Å². The van der Waals surface area contributed by atoms with Crippen LogP contribution in [0.1, 0.15) is 11.4 Å². The molecule has 0 amide bonds. The lowest BCUT2D eigenvalue weighted by atomic mass is 10.2. The number of aromatic amines is 1. The Morgan fingerprint density at radius 1 is 1.12 bits per heavy atom. The molecular weight excluding hydrogens is 338 g/mol. The Hall–Kier alpha value is -3.68. The van der Waals surface area contributed by atoms with E-state index in [0.717, 1.165) is 0 Å². The molecule has 132 valence electrons. The zero-order valence-corrected chi connectivity index (χ0v) is 14.1. The number of ether oxygens (including phenoxy) is 2. The third kappa shape index (κ3) is 3.39. The first kappa shape index (κ1) is 17.2. The SMILES string of the molecule is COc1cc2nc(C=Cc3cccc([N+](=O)[O-])c3)[nH]c(=O)c2cc1OC. The number of H-pyrrole nitrogens is 1. The smallest absolute Gasteiger partial charge is 0.270 e. The van der Waals surface area contributed by atoms with E-state index in [1.54, 1.807) is 36.4 Å². The highest BCUT2D eigenvalue weighted by Crippen LogP contribution is 2.30. The number of rotatable bonds is 5. The van der Waals surface area contributed by atoms with Crippen molar-refractivity contribution >= 4 is 28.7 Å². The maximum Gasteiger partial charge on any atom is 0.270 e. The van der Waals surface area contributed by atoms with E-state index < -0.39 is 4.92 Å². The molecule has 0 aliphatic heterocycles. The third-order valence-corrected chi connectivity index (χ3v) is 3.74. The molecule has 0 bridgehead atoms. The summed E-state index contributed by atoms with van der Waals surface area (Å²) in [6.07, 6.45) is 3.22. The summed E-state index contributed by atoms with van der Waals surface area (Å²) in [5.74, 6) is 1.22. The first-order valence-corrected chi connectivity index (χ1v) is 7.60. The maximum absolute atomic E-state index is 12.3. The second-order valence-corrected chi connectivity index (χ2v) is 5.36. The molecule has 0 aliphatic carbocycles. The molecule has 0 radical (unpaired) electrons. The predicted octanol–water partition coefficient (Wildman–Crippen LogP) is 3.02. The molecule has 1 N–H and O–H groups in total. The number of nitrogens with zero attached hydrogens (tertiary/aromatic N) is 2. The molecule has 3 rings (SSSR count). The van der Waals surface area contributed by atoms with Crippen molar-refractivity contribution in [3.05, 3.63) is 68.3 Å². The van der Waals surface area contributed by atoms with Gasteiger partial charge in [-0.3, -0.25) is 14.9 Å². The van der Waals surface area contributed by atoms with Crippen LogP contribution < -0.4 is 15.0 Å². The van der Waals surface area contributed by atoms with Gasteiger partial charge in [0.2, 0.25) is 0 Å². The standard InChI is InChI=1S/C18H15N3O5/c1-25-15-9-13-14(10-16(15)26-2)19-17(20-18(13)22)7-6-11-4-3-5-12(8-11)21(23)24/h3-10H,1-2H3,(H,19,20,22). The number of hydrogen-bond donors (Lipinski definition) is 1. The summed E-state index contributed by atoms with van der Waals surface area (Å²) in [6.45, 7) is 0. The number of benzene rings is 2. The molecule has 0 atom stereocenters. The van der Waals surface area contributed by atoms with Gasteiger partial charge in [-0.25, -0.2) is 4.98 Å². The molecule has 26 heavy (non-hydrogen) atoms. The third-order valence-electron chi connectivity index (χ3n) is 3.74. The van der Waals surface area contributed by atoms with Gasteiger partial charge in [0.15, 0.2) is 11.5 Å². The largest absolute Gasteiger partial charge is 0.493 e. The van der Waals surface area contributed by atoms with E-state index in [9.17, 15) is 14.9 Å². The van der Waals surface area contributed by atoms with Gasteiger partial charge in [0.25, 0.3) is 11.2 Å². The van der Waals surface area contributed by atoms with E-state index in [-0.39, 0.29) is 11.2 Å². The van der Waals surface area contributed by atoms with Crippen molar-refractivity contribution in [3.63, 3.8) is 0 Å². The minimum Gasteiger partial charge on any atom is -0.493 e. The Morgan fingerprint density at radius 2 is 1.85 bits per heavy atom. The van der Waals surface area contributed by atoms with Gasteiger partial charge in [0.05, 0.1) is 30.0 Å². The van der Waals surface area contributed by atoms with Crippen molar-refractivity contribution in [1.82, 2.24) is 9.97 Å². The van der Waals surface area contributed by atoms with Crippen molar-refractivity contribution in [2.24, 2.45) is 0 Å². The molecule has 0 spiro atoms. The molecule has 1 heterocycles. The molecule has 0 unspecified atom stereocenters. The highest BCUT2D eigenvalue weighted by molar-refractivity contribution is 5.83. The summed E-state index contributed by atoms with van der Waals surface area (Å²) in [6, 6.07) is 9.33. The van der Waals surface area contributed by atoms with Gasteiger partial charge in [-0.05, 0) is 17.7 Å². The second kappa shape index (κ2) is 7.06. The average Bonchev–Trinajstić information content (AvgIpc) is 2.65. The summed E-state index contributed by atoms with van der Waals surface area (Å²) >= 11 is 0. The van der Waals surface area contributed by atoms with E-state index in [1.807, 2.05) is 0 Å². The van der Waals surface area contributed by atoms with Gasteiger partial charge >= 0.3 is 0 Å². The first-order chi connectivity index (χ1) is 12.5. The molecule has 1 aromatic heterocycles. The Kier molecular flexibility index (Phi) is 4.66. The molecule has 0 fully saturated rings. The molecule has 0 aliphatic rings. The fraction of sp³-hybridized carbons (Fsp3) is 0.111. The van der Waals surface area contributed by atoms with Crippen LogP contribution in [-0.2, 0) is 0 Å². The van der Waals surface area contributed by atoms with Crippen molar-refractivity contribution in [2.75, 3.05) is 14.2 Å². The van der Waals surface area contributed by atoms with Gasteiger partial charge in [-0.1, -0.05) is 18.2 Å². The Labute approximate surface area is 147 Å². The minimum absolute atomic E-state index is 0.0102. The lowest BCUT2D eigenvalue weighted by Crippen LogP contribution is -2.10. The summed E-state index contributed by atoms with van der Waals surface area (Å²) < 4.78 is 10.4. The number of nitro benzene ring substituents is 1. The summed E-state index contributed by atoms with van der Waals surface area (Å²) in [5.41, 5.74) is 0.734. The number of fused-ring (bicyclic) bond motifs is 1. The van der Waals surface area contributed by atoms with Gasteiger partial charge in [0, 0.05) is 18.2 Å². The number of methoxy groups -OCH3 is 2. The quantitative estimate of drug-likeness (QED) is 0.558. The molecule has 8 nitrogen and oxygen atoms in total. The van der Waals surface area contributed by atoms with E-state index in [1.165, 1.54) is 26.4 Å². The topological polar surface area (TPSA) is 107 Å². The number of non-ortho nitro benzene ring substituents is 1. The fourth-order valence-electron chi connectivity index (χ4n) is 2.48. The summed E-state index contributed by atoms with van der Waals surface area (Å²) in [5, 5.41) is 11.2. The molecule has 0 saturated carbocycles. The van der Waals surface area contributed by atoms with E-state index in [4.69, 9.17) is 9.47 Å². The first-order valence-electron chi connectivity index (χ1n) is 7.60. The van der Waals surface area contributed by atoms with Crippen LogP contribution in [-0.4, -0.2) is 29.1 Å². The average molecular weight is 353 g/mol. The van der Waals surface area contributed by atoms with Crippen LogP contribution in [0.2, 0.25) is 0 Å². The molecule has 3 aromatic rings. The highest BCUT2D eigenvalue weighted by atomic mass is 16.6. The normalized spacial score (nSPS) is 11.0. The molecule has 8 heteroatoms. The van der Waals surface area contributed by atoms with Crippen LogP contribution in [0.4, 0.5) is 5.69 Å². The van der Waals surface area contributed by atoms with Crippen LogP contribution in [0.15, 0.2) is 41.2 Å². The number of nitrogens with one attached hydrogen (secondary N) is 1. The monoisotopic (exact) mass is 353 g/mol. The van der Waals surface area contributed by atoms with Crippen LogP contribution in [0.5, 0.6) is 11.5 Å². The van der Waals surface area contributed by atoms with Crippen molar-refractivity contribution in [1.29, 1.82) is 0 Å². The van der Waals surface area contributed by atoms with Gasteiger partial charge in [-0.15, -0.1) is 0 Å². The highest BCUT2D eigenvalue weighted by Gasteiger charge is 2.10. The maximum atomic E-state index is 12.3. The van der Waals surface area contributed by atoms with Crippen molar-refractivity contribution < 1.29 is 14.4 Å². The van der Waals surface area contributed by atoms with Crippen LogP contribution in [0, 0.1) is 10.1 Å². The van der Waals surface area contributed by atoms with Crippen LogP contribution >= 0.6 is 0 Å². The van der Waals surface area contributed by atoms with Crippen LogP contribution in [0.25, 0.3) is 23.1 Å². The number of nitro groups is 1. The Bertz CT molecular complexity index is 1070.